The van der Waals surface area contributed by atoms with E-state index in [4.69, 9.17) is 22.1 Å². The van der Waals surface area contributed by atoms with Crippen LogP contribution in [0.2, 0.25) is 5.02 Å². The zero-order valence-corrected chi connectivity index (χ0v) is 12.0. The molecule has 0 bridgehead atoms. The summed E-state index contributed by atoms with van der Waals surface area (Å²) < 4.78 is 5.81. The molecule has 2 rings (SSSR count). The highest BCUT2D eigenvalue weighted by Gasteiger charge is 2.12. The molecule has 0 atom stereocenters. The molecular weight excluding hydrogens is 262 g/mol. The molecule has 0 spiro atoms. The highest BCUT2D eigenvalue weighted by Crippen LogP contribution is 2.29. The Hall–Kier alpha value is -1.65. The average molecular weight is 278 g/mol. The molecule has 0 saturated carbocycles. The van der Waals surface area contributed by atoms with Crippen molar-refractivity contribution in [2.24, 2.45) is 5.73 Å². The van der Waals surface area contributed by atoms with Gasteiger partial charge in [0.25, 0.3) is 0 Å². The number of hydrogen-bond donors (Lipinski definition) is 1. The molecule has 0 aliphatic heterocycles. The molecule has 1 aromatic heterocycles. The first-order chi connectivity index (χ1) is 9.02. The van der Waals surface area contributed by atoms with E-state index in [0.717, 1.165) is 22.4 Å². The highest BCUT2D eigenvalue weighted by molar-refractivity contribution is 6.30. The van der Waals surface area contributed by atoms with E-state index >= 15 is 0 Å². The van der Waals surface area contributed by atoms with Crippen LogP contribution in [-0.4, -0.2) is 10.2 Å². The lowest BCUT2D eigenvalue weighted by Crippen LogP contribution is -2.07. The van der Waals surface area contributed by atoms with Crippen molar-refractivity contribution in [3.8, 4) is 11.6 Å². The van der Waals surface area contributed by atoms with Gasteiger partial charge in [0, 0.05) is 17.1 Å². The van der Waals surface area contributed by atoms with Crippen LogP contribution >= 0.6 is 11.6 Å². The average Bonchev–Trinajstić information content (AvgIpc) is 2.37. The van der Waals surface area contributed by atoms with E-state index in [-0.39, 0.29) is 0 Å². The summed E-state index contributed by atoms with van der Waals surface area (Å²) in [5, 5.41) is 8.83. The molecule has 19 heavy (non-hydrogen) atoms. The van der Waals surface area contributed by atoms with Crippen LogP contribution in [0.3, 0.4) is 0 Å². The molecule has 0 unspecified atom stereocenters. The number of halogens is 1. The molecule has 1 aromatic carbocycles. The Labute approximate surface area is 117 Å². The second-order valence-corrected chi connectivity index (χ2v) is 4.85. The molecule has 1 heterocycles. The molecule has 4 nitrogen and oxygen atoms in total. The number of hydrogen-bond acceptors (Lipinski definition) is 4. The predicted molar refractivity (Wildman–Crippen MR) is 75.7 cm³/mol. The summed E-state index contributed by atoms with van der Waals surface area (Å²) in [6.07, 6.45) is 0. The maximum absolute atomic E-state index is 5.92. The van der Waals surface area contributed by atoms with Crippen LogP contribution in [0.1, 0.15) is 22.4 Å². The van der Waals surface area contributed by atoms with Gasteiger partial charge in [0.1, 0.15) is 5.75 Å². The molecule has 0 aliphatic carbocycles. The Morgan fingerprint density at radius 2 is 1.95 bits per heavy atom. The Bertz CT molecular complexity index is 614. The molecule has 0 aliphatic rings. The monoisotopic (exact) mass is 277 g/mol. The summed E-state index contributed by atoms with van der Waals surface area (Å²) in [6.45, 7) is 6.16. The van der Waals surface area contributed by atoms with Gasteiger partial charge >= 0.3 is 0 Å². The fourth-order valence-corrected chi connectivity index (χ4v) is 2.02. The van der Waals surface area contributed by atoms with Crippen molar-refractivity contribution >= 4 is 11.6 Å². The zero-order valence-electron chi connectivity index (χ0n) is 11.2. The normalized spacial score (nSPS) is 10.6. The van der Waals surface area contributed by atoms with Gasteiger partial charge < -0.3 is 10.5 Å². The summed E-state index contributed by atoms with van der Waals surface area (Å²) in [4.78, 5) is 0. The molecule has 0 amide bonds. The predicted octanol–water partition coefficient (Wildman–Crippen LogP) is 3.31. The minimum Gasteiger partial charge on any atom is -0.437 e. The molecule has 100 valence electrons. The molecular formula is C14H16ClN3O. The lowest BCUT2D eigenvalue weighted by Gasteiger charge is -2.13. The van der Waals surface area contributed by atoms with Crippen molar-refractivity contribution in [1.29, 1.82) is 0 Å². The number of nitrogens with two attached hydrogens (primary N) is 1. The summed E-state index contributed by atoms with van der Waals surface area (Å²) in [7, 11) is 0. The third-order valence-corrected chi connectivity index (χ3v) is 3.33. The van der Waals surface area contributed by atoms with Gasteiger partial charge in [-0.1, -0.05) is 11.6 Å². The lowest BCUT2D eigenvalue weighted by molar-refractivity contribution is 0.443. The second kappa shape index (κ2) is 5.55. The summed E-state index contributed by atoms with van der Waals surface area (Å²) >= 11 is 5.92. The van der Waals surface area contributed by atoms with Gasteiger partial charge in [-0.15, -0.1) is 5.10 Å². The van der Waals surface area contributed by atoms with Gasteiger partial charge in [0.15, 0.2) is 0 Å². The summed E-state index contributed by atoms with van der Waals surface area (Å²) in [5.74, 6) is 1.16. The van der Waals surface area contributed by atoms with Gasteiger partial charge in [-0.25, -0.2) is 0 Å². The lowest BCUT2D eigenvalue weighted by atomic mass is 10.1. The minimum atomic E-state index is 0.365. The van der Waals surface area contributed by atoms with E-state index in [2.05, 4.69) is 10.2 Å². The van der Waals surface area contributed by atoms with Crippen molar-refractivity contribution in [3.05, 3.63) is 45.6 Å². The SMILES string of the molecule is Cc1cc(Cl)ccc1Oc1nnc(C)c(C)c1CN. The Kier molecular flexibility index (Phi) is 4.02. The van der Waals surface area contributed by atoms with E-state index in [0.29, 0.717) is 23.2 Å². The number of nitrogens with zero attached hydrogens (tertiary/aromatic N) is 2. The molecule has 0 fully saturated rings. The van der Waals surface area contributed by atoms with Gasteiger partial charge in [0.05, 0.1) is 5.69 Å². The topological polar surface area (TPSA) is 61.0 Å². The number of aryl methyl sites for hydroxylation is 2. The van der Waals surface area contributed by atoms with Gasteiger partial charge in [0.2, 0.25) is 5.88 Å². The maximum atomic E-state index is 5.92. The van der Waals surface area contributed by atoms with Crippen LogP contribution in [-0.2, 0) is 6.54 Å². The van der Waals surface area contributed by atoms with E-state index < -0.39 is 0 Å². The minimum absolute atomic E-state index is 0.365. The number of ether oxygens (including phenoxy) is 1. The number of benzene rings is 1. The fraction of sp³-hybridized carbons (Fsp3) is 0.286. The fourth-order valence-electron chi connectivity index (χ4n) is 1.79. The third-order valence-electron chi connectivity index (χ3n) is 3.09. The number of aromatic nitrogens is 2. The van der Waals surface area contributed by atoms with Crippen LogP contribution in [0.25, 0.3) is 0 Å². The van der Waals surface area contributed by atoms with Crippen molar-refractivity contribution < 1.29 is 4.74 Å². The first-order valence-electron chi connectivity index (χ1n) is 5.99. The molecule has 2 aromatic rings. The van der Waals surface area contributed by atoms with Gasteiger partial charge in [-0.05, 0) is 50.1 Å². The second-order valence-electron chi connectivity index (χ2n) is 4.41. The van der Waals surface area contributed by atoms with E-state index in [1.807, 2.05) is 32.9 Å². The molecule has 0 saturated heterocycles. The maximum Gasteiger partial charge on any atom is 0.243 e. The van der Waals surface area contributed by atoms with Crippen LogP contribution in [0.4, 0.5) is 0 Å². The summed E-state index contributed by atoms with van der Waals surface area (Å²) in [5.41, 5.74) is 9.46. The first kappa shape index (κ1) is 13.8. The molecule has 2 N–H and O–H groups in total. The van der Waals surface area contributed by atoms with Gasteiger partial charge in [-0.2, -0.15) is 5.10 Å². The highest BCUT2D eigenvalue weighted by atomic mass is 35.5. The smallest absolute Gasteiger partial charge is 0.243 e. The van der Waals surface area contributed by atoms with Crippen LogP contribution < -0.4 is 10.5 Å². The van der Waals surface area contributed by atoms with Crippen molar-refractivity contribution in [1.82, 2.24) is 10.2 Å². The third kappa shape index (κ3) is 2.85. The van der Waals surface area contributed by atoms with Crippen molar-refractivity contribution in [3.63, 3.8) is 0 Å². The Morgan fingerprint density at radius 1 is 1.21 bits per heavy atom. The molecule has 0 radical (unpaired) electrons. The summed E-state index contributed by atoms with van der Waals surface area (Å²) in [6, 6.07) is 5.43. The zero-order chi connectivity index (χ0) is 14.0. The largest absolute Gasteiger partial charge is 0.437 e. The van der Waals surface area contributed by atoms with Crippen molar-refractivity contribution in [2.75, 3.05) is 0 Å². The van der Waals surface area contributed by atoms with Crippen LogP contribution in [0, 0.1) is 20.8 Å². The standard InChI is InChI=1S/C14H16ClN3O/c1-8-6-11(15)4-5-13(8)19-14-12(7-16)9(2)10(3)17-18-14/h4-6H,7,16H2,1-3H3. The quantitative estimate of drug-likeness (QED) is 0.935. The van der Waals surface area contributed by atoms with Crippen molar-refractivity contribution in [2.45, 2.75) is 27.3 Å². The number of rotatable bonds is 3. The molecule has 5 heteroatoms. The Balaban J connectivity index is 2.41. The van der Waals surface area contributed by atoms with Gasteiger partial charge in [-0.3, -0.25) is 0 Å². The first-order valence-corrected chi connectivity index (χ1v) is 6.37. The van der Waals surface area contributed by atoms with Crippen LogP contribution in [0.5, 0.6) is 11.6 Å². The van der Waals surface area contributed by atoms with E-state index in [1.165, 1.54) is 0 Å². The Morgan fingerprint density at radius 3 is 2.58 bits per heavy atom. The van der Waals surface area contributed by atoms with E-state index in [9.17, 15) is 0 Å². The van der Waals surface area contributed by atoms with E-state index in [1.54, 1.807) is 6.07 Å². The van der Waals surface area contributed by atoms with Crippen LogP contribution in [0.15, 0.2) is 18.2 Å².